The van der Waals surface area contributed by atoms with E-state index in [0.29, 0.717) is 24.2 Å². The van der Waals surface area contributed by atoms with Crippen LogP contribution >= 0.6 is 0 Å². The molecule has 0 heterocycles. The maximum absolute atomic E-state index is 12.3. The van der Waals surface area contributed by atoms with Gasteiger partial charge in [0, 0.05) is 31.2 Å². The summed E-state index contributed by atoms with van der Waals surface area (Å²) < 4.78 is 26.9. The lowest BCUT2D eigenvalue weighted by molar-refractivity contribution is 0.0796. The number of carbonyl (C=O) groups is 1. The average Bonchev–Trinajstić information content (AvgIpc) is 2.40. The predicted octanol–water partition coefficient (Wildman–Crippen LogP) is 1.20. The average molecular weight is 341 g/mol. The molecule has 0 aliphatic rings. The molecule has 0 unspecified atom stereocenters. The minimum atomic E-state index is -3.45. The van der Waals surface area contributed by atoms with Crippen molar-refractivity contribution in [3.05, 3.63) is 35.4 Å². The van der Waals surface area contributed by atoms with Gasteiger partial charge in [-0.15, -0.1) is 0 Å². The number of nitrogens with one attached hydrogen (secondary N) is 2. The van der Waals surface area contributed by atoms with Gasteiger partial charge < -0.3 is 10.2 Å². The summed E-state index contributed by atoms with van der Waals surface area (Å²) in [6.07, 6.45) is 0. The van der Waals surface area contributed by atoms with E-state index in [1.807, 2.05) is 7.05 Å². The molecular weight excluding hydrogens is 314 g/mol. The first-order valence-electron chi connectivity index (χ1n) is 7.55. The number of nitrogens with zero attached hydrogens (tertiary/aromatic N) is 1. The molecule has 0 aliphatic carbocycles. The van der Waals surface area contributed by atoms with E-state index in [-0.39, 0.29) is 11.7 Å². The molecule has 130 valence electrons. The fraction of sp³-hybridized carbons (Fsp3) is 0.562. The molecule has 0 bridgehead atoms. The largest absolute Gasteiger partial charge is 0.340 e. The highest BCUT2D eigenvalue weighted by atomic mass is 32.2. The summed E-state index contributed by atoms with van der Waals surface area (Å²) in [7, 11) is 0.0977. The van der Waals surface area contributed by atoms with Crippen LogP contribution in [0.2, 0.25) is 0 Å². The topological polar surface area (TPSA) is 78.5 Å². The van der Waals surface area contributed by atoms with E-state index in [2.05, 4.69) is 10.0 Å². The van der Waals surface area contributed by atoms with Crippen LogP contribution in [0.25, 0.3) is 0 Å². The van der Waals surface area contributed by atoms with E-state index in [1.165, 1.54) is 0 Å². The van der Waals surface area contributed by atoms with Gasteiger partial charge >= 0.3 is 0 Å². The maximum atomic E-state index is 12.3. The van der Waals surface area contributed by atoms with E-state index in [1.54, 1.807) is 57.0 Å². The SMILES string of the molecule is CNCCN(C)C(=O)c1cccc(CS(=O)(=O)NC(C)(C)C)c1. The summed E-state index contributed by atoms with van der Waals surface area (Å²) in [6.45, 7) is 6.67. The van der Waals surface area contributed by atoms with E-state index in [0.717, 1.165) is 0 Å². The third-order valence-corrected chi connectivity index (χ3v) is 4.67. The van der Waals surface area contributed by atoms with Gasteiger partial charge in [0.05, 0.1) is 5.75 Å². The monoisotopic (exact) mass is 341 g/mol. The number of benzene rings is 1. The predicted molar refractivity (Wildman–Crippen MR) is 92.8 cm³/mol. The lowest BCUT2D eigenvalue weighted by Crippen LogP contribution is -2.41. The van der Waals surface area contributed by atoms with Crippen LogP contribution < -0.4 is 10.0 Å². The Morgan fingerprint density at radius 2 is 1.91 bits per heavy atom. The Morgan fingerprint density at radius 3 is 2.48 bits per heavy atom. The molecule has 6 nitrogen and oxygen atoms in total. The second-order valence-corrected chi connectivity index (χ2v) is 8.36. The van der Waals surface area contributed by atoms with Crippen LogP contribution in [0.4, 0.5) is 0 Å². The molecule has 0 saturated carbocycles. The Bertz CT molecular complexity index is 636. The highest BCUT2D eigenvalue weighted by molar-refractivity contribution is 7.88. The first-order chi connectivity index (χ1) is 10.5. The molecule has 0 saturated heterocycles. The Balaban J connectivity index is 2.87. The Kier molecular flexibility index (Phi) is 6.73. The lowest BCUT2D eigenvalue weighted by atomic mass is 10.1. The van der Waals surface area contributed by atoms with Gasteiger partial charge in [0.15, 0.2) is 0 Å². The third kappa shape index (κ3) is 7.11. The zero-order chi connectivity index (χ0) is 17.7. The van der Waals surface area contributed by atoms with Crippen LogP contribution in [0.3, 0.4) is 0 Å². The van der Waals surface area contributed by atoms with E-state index >= 15 is 0 Å². The van der Waals surface area contributed by atoms with Crippen LogP contribution in [0.1, 0.15) is 36.7 Å². The van der Waals surface area contributed by atoms with Crippen molar-refractivity contribution >= 4 is 15.9 Å². The van der Waals surface area contributed by atoms with Crippen molar-refractivity contribution in [1.29, 1.82) is 0 Å². The number of likely N-dealkylation sites (N-methyl/N-ethyl adjacent to an activating group) is 2. The van der Waals surface area contributed by atoms with Gasteiger partial charge in [-0.3, -0.25) is 4.79 Å². The first kappa shape index (κ1) is 19.6. The smallest absolute Gasteiger partial charge is 0.253 e. The van der Waals surface area contributed by atoms with Crippen molar-refractivity contribution in [3.8, 4) is 0 Å². The second kappa shape index (κ2) is 7.90. The molecule has 1 aromatic rings. The number of hydrogen-bond donors (Lipinski definition) is 2. The highest BCUT2D eigenvalue weighted by Crippen LogP contribution is 2.12. The van der Waals surface area contributed by atoms with E-state index < -0.39 is 15.6 Å². The molecule has 1 rings (SSSR count). The molecule has 0 aliphatic heterocycles. The van der Waals surface area contributed by atoms with Gasteiger partial charge in [-0.05, 0) is 45.5 Å². The van der Waals surface area contributed by atoms with Crippen LogP contribution in [0, 0.1) is 0 Å². The van der Waals surface area contributed by atoms with Crippen molar-refractivity contribution in [3.63, 3.8) is 0 Å². The Hall–Kier alpha value is -1.44. The Morgan fingerprint density at radius 1 is 1.26 bits per heavy atom. The standard InChI is InChI=1S/C16H27N3O3S/c1-16(2,3)18-23(21,22)12-13-7-6-8-14(11-13)15(20)19(5)10-9-17-4/h6-8,11,17-18H,9-10,12H2,1-5H3. The van der Waals surface area contributed by atoms with E-state index in [4.69, 9.17) is 0 Å². The maximum Gasteiger partial charge on any atom is 0.253 e. The fourth-order valence-electron chi connectivity index (χ4n) is 2.12. The minimum Gasteiger partial charge on any atom is -0.340 e. The van der Waals surface area contributed by atoms with Gasteiger partial charge in [0.1, 0.15) is 0 Å². The Labute approximate surface area is 139 Å². The number of hydrogen-bond acceptors (Lipinski definition) is 4. The summed E-state index contributed by atoms with van der Waals surface area (Å²) in [5, 5.41) is 2.99. The minimum absolute atomic E-state index is 0.122. The zero-order valence-electron chi connectivity index (χ0n) is 14.5. The summed E-state index contributed by atoms with van der Waals surface area (Å²) in [4.78, 5) is 13.9. The number of sulfonamides is 1. The molecule has 0 spiro atoms. The zero-order valence-corrected chi connectivity index (χ0v) is 15.3. The van der Waals surface area contributed by atoms with Crippen molar-refractivity contribution in [2.45, 2.75) is 32.1 Å². The summed E-state index contributed by atoms with van der Waals surface area (Å²) in [5.41, 5.74) is 0.557. The van der Waals surface area contributed by atoms with Crippen LogP contribution in [-0.2, 0) is 15.8 Å². The normalized spacial score (nSPS) is 12.2. The highest BCUT2D eigenvalue weighted by Gasteiger charge is 2.21. The van der Waals surface area contributed by atoms with Gasteiger partial charge in [0.25, 0.3) is 5.91 Å². The van der Waals surface area contributed by atoms with Crippen molar-refractivity contribution in [1.82, 2.24) is 14.9 Å². The molecule has 23 heavy (non-hydrogen) atoms. The second-order valence-electron chi connectivity index (χ2n) is 6.64. The summed E-state index contributed by atoms with van der Waals surface area (Å²) in [6, 6.07) is 6.76. The molecule has 1 aromatic carbocycles. The molecule has 1 amide bonds. The van der Waals surface area contributed by atoms with E-state index in [9.17, 15) is 13.2 Å². The number of amides is 1. The van der Waals surface area contributed by atoms with Crippen LogP contribution in [-0.4, -0.2) is 51.9 Å². The van der Waals surface area contributed by atoms with Crippen LogP contribution in [0.5, 0.6) is 0 Å². The van der Waals surface area contributed by atoms with Gasteiger partial charge in [-0.25, -0.2) is 13.1 Å². The van der Waals surface area contributed by atoms with Crippen LogP contribution in [0.15, 0.2) is 24.3 Å². The quantitative estimate of drug-likeness (QED) is 0.781. The van der Waals surface area contributed by atoms with Crippen molar-refractivity contribution in [2.75, 3.05) is 27.2 Å². The fourth-order valence-corrected chi connectivity index (χ4v) is 3.74. The number of rotatable bonds is 7. The molecule has 7 heteroatoms. The molecule has 0 aromatic heterocycles. The van der Waals surface area contributed by atoms with Crippen molar-refractivity contribution < 1.29 is 13.2 Å². The lowest BCUT2D eigenvalue weighted by Gasteiger charge is -2.20. The van der Waals surface area contributed by atoms with Gasteiger partial charge in [0.2, 0.25) is 10.0 Å². The molecule has 0 radical (unpaired) electrons. The summed E-state index contributed by atoms with van der Waals surface area (Å²) >= 11 is 0. The van der Waals surface area contributed by atoms with Gasteiger partial charge in [-0.2, -0.15) is 0 Å². The van der Waals surface area contributed by atoms with Gasteiger partial charge in [-0.1, -0.05) is 12.1 Å². The molecule has 0 fully saturated rings. The molecule has 2 N–H and O–H groups in total. The third-order valence-electron chi connectivity index (χ3n) is 3.04. The molecular formula is C16H27N3O3S. The molecule has 0 atom stereocenters. The summed E-state index contributed by atoms with van der Waals surface area (Å²) in [5.74, 6) is -0.269. The number of carbonyl (C=O) groups excluding carboxylic acids is 1. The first-order valence-corrected chi connectivity index (χ1v) is 9.20. The van der Waals surface area contributed by atoms with Crippen molar-refractivity contribution in [2.24, 2.45) is 0 Å².